The van der Waals surface area contributed by atoms with E-state index in [1.54, 1.807) is 6.07 Å². The fourth-order valence-electron chi connectivity index (χ4n) is 4.41. The highest BCUT2D eigenvalue weighted by molar-refractivity contribution is 6.32. The summed E-state index contributed by atoms with van der Waals surface area (Å²) in [7, 11) is 0. The highest BCUT2D eigenvalue weighted by atomic mass is 16.3. The summed E-state index contributed by atoms with van der Waals surface area (Å²) < 4.78 is 0. The van der Waals surface area contributed by atoms with Crippen molar-refractivity contribution in [3.63, 3.8) is 0 Å². The molecule has 0 bridgehead atoms. The van der Waals surface area contributed by atoms with Crippen LogP contribution in [0.15, 0.2) is 18.2 Å². The second kappa shape index (κ2) is 7.16. The van der Waals surface area contributed by atoms with Crippen LogP contribution in [-0.4, -0.2) is 61.6 Å². The lowest BCUT2D eigenvalue weighted by Gasteiger charge is -2.36. The van der Waals surface area contributed by atoms with Gasteiger partial charge in [-0.25, -0.2) is 0 Å². The van der Waals surface area contributed by atoms with Crippen LogP contribution in [0.2, 0.25) is 0 Å². The molecule has 0 heterocycles. The van der Waals surface area contributed by atoms with Crippen LogP contribution in [0.4, 0.5) is 5.69 Å². The van der Waals surface area contributed by atoms with Crippen LogP contribution in [0, 0.1) is 0 Å². The third-order valence-corrected chi connectivity index (χ3v) is 6.00. The maximum atomic E-state index is 13.3. The summed E-state index contributed by atoms with van der Waals surface area (Å²) in [6, 6.07) is 4.48. The van der Waals surface area contributed by atoms with Gasteiger partial charge < -0.3 is 30.8 Å². The summed E-state index contributed by atoms with van der Waals surface area (Å²) in [6.45, 7) is 1.04. The largest absolute Gasteiger partial charge is 0.507 e. The van der Waals surface area contributed by atoms with Gasteiger partial charge in [-0.1, -0.05) is 12.1 Å². The summed E-state index contributed by atoms with van der Waals surface area (Å²) in [5.74, 6) is -3.41. The normalized spacial score (nSPS) is 21.9. The van der Waals surface area contributed by atoms with Gasteiger partial charge in [0, 0.05) is 41.8 Å². The van der Waals surface area contributed by atoms with Crippen LogP contribution >= 0.6 is 0 Å². The number of anilines is 1. The van der Waals surface area contributed by atoms with Crippen molar-refractivity contribution in [1.29, 1.82) is 0 Å². The number of ketones is 3. The van der Waals surface area contributed by atoms with Crippen molar-refractivity contribution in [1.82, 2.24) is 0 Å². The Labute approximate surface area is 176 Å². The molecule has 0 aliphatic heterocycles. The number of carbonyl (C=O) groups excluding carboxylic acids is 3. The number of aliphatic hydroxyl groups excluding tert-OH is 2. The lowest BCUT2D eigenvalue weighted by atomic mass is 9.72. The first-order valence-electron chi connectivity index (χ1n) is 9.71. The Morgan fingerprint density at radius 3 is 2.45 bits per heavy atom. The first-order valence-corrected chi connectivity index (χ1v) is 9.71. The molecule has 0 saturated carbocycles. The predicted octanol–water partition coefficient (Wildman–Crippen LogP) is 0.577. The Morgan fingerprint density at radius 2 is 1.81 bits per heavy atom. The molecular weight excluding hydrogens is 406 g/mol. The Balaban J connectivity index is 1.97. The van der Waals surface area contributed by atoms with Gasteiger partial charge in [0.1, 0.15) is 17.1 Å². The minimum Gasteiger partial charge on any atom is -0.507 e. The van der Waals surface area contributed by atoms with Crippen molar-refractivity contribution >= 4 is 23.0 Å². The van der Waals surface area contributed by atoms with Gasteiger partial charge in [-0.05, 0) is 13.0 Å². The van der Waals surface area contributed by atoms with Gasteiger partial charge in [-0.3, -0.25) is 14.4 Å². The van der Waals surface area contributed by atoms with Crippen molar-refractivity contribution in [2.45, 2.75) is 31.5 Å². The summed E-state index contributed by atoms with van der Waals surface area (Å²) in [5, 5.41) is 54.9. The van der Waals surface area contributed by atoms with Gasteiger partial charge in [0.15, 0.2) is 17.3 Å². The van der Waals surface area contributed by atoms with E-state index in [1.165, 1.54) is 12.1 Å². The topological polar surface area (TPSA) is 164 Å². The number of carbonyl (C=O) groups is 3. The van der Waals surface area contributed by atoms with E-state index >= 15 is 0 Å². The van der Waals surface area contributed by atoms with E-state index < -0.39 is 64.5 Å². The van der Waals surface area contributed by atoms with Gasteiger partial charge in [0.25, 0.3) is 0 Å². The molecule has 0 amide bonds. The maximum absolute atomic E-state index is 13.3. The molecule has 0 aromatic heterocycles. The Hall–Kier alpha value is -3.27. The zero-order chi connectivity index (χ0) is 22.7. The second-order valence-corrected chi connectivity index (χ2v) is 7.86. The van der Waals surface area contributed by atoms with E-state index in [4.69, 9.17) is 5.11 Å². The van der Waals surface area contributed by atoms with Gasteiger partial charge in [-0.2, -0.15) is 0 Å². The first-order chi connectivity index (χ1) is 14.6. The Kier molecular flexibility index (Phi) is 4.84. The zero-order valence-electron chi connectivity index (χ0n) is 16.6. The van der Waals surface area contributed by atoms with Crippen molar-refractivity contribution in [3.8, 4) is 11.5 Å². The van der Waals surface area contributed by atoms with Crippen molar-refractivity contribution < 1.29 is 39.9 Å². The summed E-state index contributed by atoms with van der Waals surface area (Å²) in [4.78, 5) is 38.5. The summed E-state index contributed by atoms with van der Waals surface area (Å²) >= 11 is 0. The van der Waals surface area contributed by atoms with Crippen LogP contribution in [0.5, 0.6) is 11.5 Å². The molecular formula is C22H21NO8. The van der Waals surface area contributed by atoms with E-state index in [-0.39, 0.29) is 41.1 Å². The molecule has 0 radical (unpaired) electrons. The van der Waals surface area contributed by atoms with E-state index in [0.29, 0.717) is 0 Å². The number of hydrogen-bond donors (Lipinski definition) is 6. The molecule has 2 aliphatic rings. The molecule has 0 spiro atoms. The van der Waals surface area contributed by atoms with E-state index in [9.17, 15) is 34.8 Å². The average molecular weight is 427 g/mol. The quantitative estimate of drug-likeness (QED) is 0.327. The molecule has 4 rings (SSSR count). The van der Waals surface area contributed by atoms with Gasteiger partial charge in [0.05, 0.1) is 29.4 Å². The van der Waals surface area contributed by atoms with Crippen LogP contribution in [0.1, 0.15) is 62.4 Å². The first kappa shape index (κ1) is 21.0. The molecule has 31 heavy (non-hydrogen) atoms. The number of Topliss-reactive ketones (excluding diaryl/α,β-unsaturated/α-hetero) is 1. The number of benzene rings is 2. The predicted molar refractivity (Wildman–Crippen MR) is 108 cm³/mol. The molecule has 9 nitrogen and oxygen atoms in total. The number of aromatic hydroxyl groups is 2. The number of fused-ring (bicyclic) bond motifs is 3. The summed E-state index contributed by atoms with van der Waals surface area (Å²) in [6.07, 6.45) is -2.39. The fraction of sp³-hybridized carbons (Fsp3) is 0.318. The molecule has 2 aromatic carbocycles. The van der Waals surface area contributed by atoms with Crippen LogP contribution in [-0.2, 0) is 11.2 Å². The lowest BCUT2D eigenvalue weighted by molar-refractivity contribution is -0.139. The molecule has 0 unspecified atom stereocenters. The molecule has 9 heteroatoms. The monoisotopic (exact) mass is 427 g/mol. The van der Waals surface area contributed by atoms with Crippen LogP contribution < -0.4 is 5.32 Å². The Morgan fingerprint density at radius 1 is 1.13 bits per heavy atom. The lowest BCUT2D eigenvalue weighted by Crippen LogP contribution is -2.44. The number of rotatable bonds is 4. The van der Waals surface area contributed by atoms with Crippen molar-refractivity contribution in [2.24, 2.45) is 0 Å². The zero-order valence-corrected chi connectivity index (χ0v) is 16.6. The molecule has 2 atom stereocenters. The highest BCUT2D eigenvalue weighted by Gasteiger charge is 2.47. The molecule has 162 valence electrons. The standard InChI is InChI=1S/C22H21NO8/c1-9(25)22(31)7-11-15(13(26)8-22)21(30)17-16(19(11)28)18(27)10-3-2-4-12(23-5-6-24)14(10)20(17)29/h2-4,13,23-24,26,28,30-31H,5-8H2,1H3/t13-,22-/m0/s1. The van der Waals surface area contributed by atoms with Crippen LogP contribution in [0.25, 0.3) is 0 Å². The highest BCUT2D eigenvalue weighted by Crippen LogP contribution is 2.50. The maximum Gasteiger partial charge on any atom is 0.200 e. The molecule has 2 aliphatic carbocycles. The minimum absolute atomic E-state index is 0.00622. The van der Waals surface area contributed by atoms with Gasteiger partial charge in [0.2, 0.25) is 0 Å². The Bertz CT molecular complexity index is 1150. The van der Waals surface area contributed by atoms with E-state index in [0.717, 1.165) is 6.92 Å². The fourth-order valence-corrected chi connectivity index (χ4v) is 4.41. The SMILES string of the molecule is CC(=O)[C@]1(O)Cc2c(O)c3c(c(O)c2[C@@H](O)C1)C(=O)c1c(NCCO)cccc1C3=O. The van der Waals surface area contributed by atoms with Gasteiger partial charge >= 0.3 is 0 Å². The van der Waals surface area contributed by atoms with E-state index in [2.05, 4.69) is 5.32 Å². The third-order valence-electron chi connectivity index (χ3n) is 6.00. The molecule has 0 fully saturated rings. The summed E-state index contributed by atoms with van der Waals surface area (Å²) in [5.41, 5.74) is -2.95. The number of aliphatic hydroxyl groups is 3. The number of hydrogen-bond acceptors (Lipinski definition) is 9. The molecule has 6 N–H and O–H groups in total. The minimum atomic E-state index is -1.98. The number of phenols is 2. The van der Waals surface area contributed by atoms with Crippen LogP contribution in [0.3, 0.4) is 0 Å². The number of phenolic OH excluding ortho intramolecular Hbond substituents is 2. The van der Waals surface area contributed by atoms with E-state index in [1.807, 2.05) is 0 Å². The molecule has 2 aromatic rings. The van der Waals surface area contributed by atoms with Gasteiger partial charge in [-0.15, -0.1) is 0 Å². The van der Waals surface area contributed by atoms with Crippen molar-refractivity contribution in [3.05, 3.63) is 51.6 Å². The smallest absolute Gasteiger partial charge is 0.200 e. The number of nitrogens with one attached hydrogen (secondary N) is 1. The molecule has 0 saturated heterocycles. The second-order valence-electron chi connectivity index (χ2n) is 7.86. The van der Waals surface area contributed by atoms with Crippen molar-refractivity contribution in [2.75, 3.05) is 18.5 Å². The average Bonchev–Trinajstić information content (AvgIpc) is 2.72. The third kappa shape index (κ3) is 2.93.